The maximum Gasteiger partial charge on any atom is 0.254 e. The summed E-state index contributed by atoms with van der Waals surface area (Å²) < 4.78 is 2.24. The first-order chi connectivity index (χ1) is 19.4. The molecule has 1 atom stereocenters. The van der Waals surface area contributed by atoms with Gasteiger partial charge in [0, 0.05) is 43.4 Å². The van der Waals surface area contributed by atoms with Crippen molar-refractivity contribution in [3.8, 4) is 11.3 Å². The first kappa shape index (κ1) is 27.4. The van der Waals surface area contributed by atoms with Crippen LogP contribution in [0.2, 0.25) is 0 Å². The summed E-state index contributed by atoms with van der Waals surface area (Å²) in [7, 11) is 0. The molecular weight excluding hydrogens is 494 g/mol. The largest absolute Gasteiger partial charge is 0.372 e. The molecule has 3 aromatic carbocycles. The number of aromatic nitrogens is 2. The Labute approximate surface area is 237 Å². The molecule has 1 aliphatic rings. The highest BCUT2D eigenvalue weighted by molar-refractivity contribution is 5.94. The molecule has 1 aromatic heterocycles. The van der Waals surface area contributed by atoms with E-state index in [0.717, 1.165) is 48.8 Å². The molecule has 1 aliphatic heterocycles. The van der Waals surface area contributed by atoms with Crippen LogP contribution in [0.1, 0.15) is 61.4 Å². The van der Waals surface area contributed by atoms with E-state index < -0.39 is 0 Å². The van der Waals surface area contributed by atoms with Gasteiger partial charge < -0.3 is 14.8 Å². The van der Waals surface area contributed by atoms with E-state index in [1.807, 2.05) is 59.5 Å². The number of aliphatic imine (C=N–C) groups is 1. The molecule has 206 valence electrons. The van der Waals surface area contributed by atoms with Gasteiger partial charge in [0.2, 0.25) is 0 Å². The van der Waals surface area contributed by atoms with Gasteiger partial charge >= 0.3 is 0 Å². The smallest absolute Gasteiger partial charge is 0.254 e. The summed E-state index contributed by atoms with van der Waals surface area (Å²) in [5.41, 5.74) is 3.59. The van der Waals surface area contributed by atoms with Crippen molar-refractivity contribution in [3.63, 3.8) is 0 Å². The van der Waals surface area contributed by atoms with Crippen LogP contribution in [0.5, 0.6) is 0 Å². The van der Waals surface area contributed by atoms with E-state index in [1.165, 1.54) is 5.56 Å². The lowest BCUT2D eigenvalue weighted by atomic mass is 9.84. The summed E-state index contributed by atoms with van der Waals surface area (Å²) in [6.07, 6.45) is 3.78. The summed E-state index contributed by atoms with van der Waals surface area (Å²) in [5.74, 6) is 1.96. The van der Waals surface area contributed by atoms with Gasteiger partial charge in [-0.1, -0.05) is 99.6 Å². The minimum absolute atomic E-state index is 0.0253. The summed E-state index contributed by atoms with van der Waals surface area (Å²) in [6, 6.07) is 30.1. The molecule has 0 aliphatic carbocycles. The van der Waals surface area contributed by atoms with Crippen molar-refractivity contribution in [1.82, 2.24) is 19.8 Å². The molecule has 0 unspecified atom stereocenters. The van der Waals surface area contributed by atoms with Crippen LogP contribution in [0.3, 0.4) is 0 Å². The number of nitrogens with one attached hydrogen (secondary N) is 1. The summed E-state index contributed by atoms with van der Waals surface area (Å²) >= 11 is 0. The molecular formula is C34H39N5O. The molecule has 0 radical (unpaired) electrons. The molecule has 0 bridgehead atoms. The molecule has 0 saturated heterocycles. The number of nitrogens with zero attached hydrogens (tertiary/aromatic N) is 4. The molecule has 4 aromatic rings. The third-order valence-electron chi connectivity index (χ3n) is 7.29. The zero-order valence-electron chi connectivity index (χ0n) is 23.8. The summed E-state index contributed by atoms with van der Waals surface area (Å²) in [5, 5.41) is 3.37. The molecule has 40 heavy (non-hydrogen) atoms. The van der Waals surface area contributed by atoms with Crippen molar-refractivity contribution < 1.29 is 4.79 Å². The number of benzene rings is 3. The van der Waals surface area contributed by atoms with E-state index in [4.69, 9.17) is 4.98 Å². The van der Waals surface area contributed by atoms with Crippen LogP contribution in [0.25, 0.3) is 11.3 Å². The van der Waals surface area contributed by atoms with Gasteiger partial charge in [-0.25, -0.2) is 4.98 Å². The van der Waals surface area contributed by atoms with Gasteiger partial charge in [-0.3, -0.25) is 9.79 Å². The standard InChI is InChI=1S/C34H39N5O/c1-34(2,3)31(39(23-13-20-30-35-21-22-36-30)33(40)28-18-11-6-12-19-28)32-37-29(27-16-9-5-10-17-27)25-38(32)24-26-14-7-4-8-15-26/h4-12,14-19,25,31H,13,20-24H2,1-3H3,(H,35,36)/t31-/m0/s1. The Morgan fingerprint density at radius 2 is 1.60 bits per heavy atom. The molecule has 2 heterocycles. The van der Waals surface area contributed by atoms with E-state index in [1.54, 1.807) is 0 Å². The zero-order chi connectivity index (χ0) is 28.0. The summed E-state index contributed by atoms with van der Waals surface area (Å²) in [4.78, 5) is 26.1. The molecule has 1 N–H and O–H groups in total. The van der Waals surface area contributed by atoms with Crippen molar-refractivity contribution in [3.05, 3.63) is 114 Å². The second-order valence-electron chi connectivity index (χ2n) is 11.5. The van der Waals surface area contributed by atoms with E-state index in [0.29, 0.717) is 18.7 Å². The van der Waals surface area contributed by atoms with E-state index >= 15 is 0 Å². The first-order valence-electron chi connectivity index (χ1n) is 14.2. The minimum Gasteiger partial charge on any atom is -0.372 e. The molecule has 0 saturated carbocycles. The number of hydrogen-bond acceptors (Lipinski definition) is 4. The third kappa shape index (κ3) is 6.50. The maximum atomic E-state index is 14.2. The van der Waals surface area contributed by atoms with Gasteiger partial charge in [-0.05, 0) is 29.5 Å². The topological polar surface area (TPSA) is 62.5 Å². The predicted molar refractivity (Wildman–Crippen MR) is 162 cm³/mol. The van der Waals surface area contributed by atoms with Crippen molar-refractivity contribution in [2.24, 2.45) is 10.4 Å². The number of hydrogen-bond donors (Lipinski definition) is 1. The van der Waals surface area contributed by atoms with Crippen molar-refractivity contribution in [2.75, 3.05) is 19.6 Å². The molecule has 1 amide bonds. The van der Waals surface area contributed by atoms with Gasteiger partial charge in [0.05, 0.1) is 24.1 Å². The molecule has 5 rings (SSSR count). The SMILES string of the molecule is CC(C)(C)[C@H](c1nc(-c2ccccc2)cn1Cc1ccccc1)N(CCCC1=NCCN1)C(=O)c1ccccc1. The lowest BCUT2D eigenvalue weighted by molar-refractivity contribution is 0.0482. The Kier molecular flexibility index (Phi) is 8.44. The monoisotopic (exact) mass is 533 g/mol. The van der Waals surface area contributed by atoms with Crippen LogP contribution in [-0.4, -0.2) is 45.8 Å². The van der Waals surface area contributed by atoms with Crippen LogP contribution in [-0.2, 0) is 6.54 Å². The lowest BCUT2D eigenvalue weighted by Gasteiger charge is -2.40. The number of carbonyl (C=O) groups is 1. The van der Waals surface area contributed by atoms with Gasteiger partial charge in [0.1, 0.15) is 5.82 Å². The number of imidazole rings is 1. The second-order valence-corrected chi connectivity index (χ2v) is 11.5. The van der Waals surface area contributed by atoms with Crippen LogP contribution in [0.15, 0.2) is 102 Å². The first-order valence-corrected chi connectivity index (χ1v) is 14.2. The van der Waals surface area contributed by atoms with Crippen LogP contribution >= 0.6 is 0 Å². The fourth-order valence-corrected chi connectivity index (χ4v) is 5.42. The lowest BCUT2D eigenvalue weighted by Crippen LogP contribution is -2.43. The molecule has 6 nitrogen and oxygen atoms in total. The normalized spacial score (nSPS) is 13.9. The van der Waals surface area contributed by atoms with Crippen LogP contribution in [0, 0.1) is 5.41 Å². The Bertz CT molecular complexity index is 1420. The Balaban J connectivity index is 1.58. The molecule has 0 fully saturated rings. The Morgan fingerprint density at radius 3 is 2.23 bits per heavy atom. The predicted octanol–water partition coefficient (Wildman–Crippen LogP) is 6.61. The van der Waals surface area contributed by atoms with E-state index in [2.05, 4.69) is 78.2 Å². The van der Waals surface area contributed by atoms with Gasteiger partial charge in [-0.2, -0.15) is 0 Å². The Hall–Kier alpha value is -4.19. The zero-order valence-corrected chi connectivity index (χ0v) is 23.8. The molecule has 6 heteroatoms. The summed E-state index contributed by atoms with van der Waals surface area (Å²) in [6.45, 7) is 9.61. The third-order valence-corrected chi connectivity index (χ3v) is 7.29. The number of amides is 1. The van der Waals surface area contributed by atoms with Crippen molar-refractivity contribution in [2.45, 2.75) is 46.2 Å². The maximum absolute atomic E-state index is 14.2. The van der Waals surface area contributed by atoms with Crippen LogP contribution < -0.4 is 5.32 Å². The van der Waals surface area contributed by atoms with Gasteiger partial charge in [0.15, 0.2) is 0 Å². The van der Waals surface area contributed by atoms with Crippen molar-refractivity contribution in [1.29, 1.82) is 0 Å². The number of rotatable bonds is 10. The van der Waals surface area contributed by atoms with E-state index in [-0.39, 0.29) is 17.4 Å². The Morgan fingerprint density at radius 1 is 0.950 bits per heavy atom. The highest BCUT2D eigenvalue weighted by Crippen LogP contribution is 2.40. The molecule has 0 spiro atoms. The quantitative estimate of drug-likeness (QED) is 0.250. The fourth-order valence-electron chi connectivity index (χ4n) is 5.42. The second kappa shape index (κ2) is 12.3. The van der Waals surface area contributed by atoms with Crippen molar-refractivity contribution >= 4 is 11.7 Å². The highest BCUT2D eigenvalue weighted by Gasteiger charge is 2.38. The number of amidine groups is 1. The average molecular weight is 534 g/mol. The van der Waals surface area contributed by atoms with E-state index in [9.17, 15) is 4.79 Å². The van der Waals surface area contributed by atoms with Gasteiger partial charge in [0.25, 0.3) is 5.91 Å². The highest BCUT2D eigenvalue weighted by atomic mass is 16.2. The fraction of sp³-hybridized carbons (Fsp3) is 0.324. The average Bonchev–Trinajstić information content (AvgIpc) is 3.63. The minimum atomic E-state index is -0.276. The van der Waals surface area contributed by atoms with Gasteiger partial charge in [-0.15, -0.1) is 0 Å². The number of carbonyl (C=O) groups excluding carboxylic acids is 1. The van der Waals surface area contributed by atoms with Crippen LogP contribution in [0.4, 0.5) is 0 Å².